The highest BCUT2D eigenvalue weighted by atomic mass is 16.6. The highest BCUT2D eigenvalue weighted by Crippen LogP contribution is 2.35. The molecule has 3 heterocycles. The maximum atomic E-state index is 12.2. The first-order chi connectivity index (χ1) is 14.7. The summed E-state index contributed by atoms with van der Waals surface area (Å²) >= 11 is 0. The highest BCUT2D eigenvalue weighted by molar-refractivity contribution is 6.00. The van der Waals surface area contributed by atoms with Gasteiger partial charge in [0, 0.05) is 23.8 Å². The van der Waals surface area contributed by atoms with Crippen LogP contribution in [-0.4, -0.2) is 31.6 Å². The molecule has 3 aromatic heterocycles. The van der Waals surface area contributed by atoms with Crippen LogP contribution >= 0.6 is 0 Å². The van der Waals surface area contributed by atoms with Crippen LogP contribution in [0.3, 0.4) is 0 Å². The van der Waals surface area contributed by atoms with E-state index in [9.17, 15) is 9.59 Å². The molecular weight excluding hydrogens is 398 g/mol. The maximum absolute atomic E-state index is 12.2. The summed E-state index contributed by atoms with van der Waals surface area (Å²) in [7, 11) is 0. The summed E-state index contributed by atoms with van der Waals surface area (Å²) in [5.41, 5.74) is 1.20. The average Bonchev–Trinajstić information content (AvgIpc) is 2.70. The Morgan fingerprint density at radius 2 is 1.84 bits per heavy atom. The molecule has 4 rings (SSSR count). The Morgan fingerprint density at radius 3 is 2.61 bits per heavy atom. The van der Waals surface area contributed by atoms with Crippen LogP contribution < -0.4 is 15.6 Å². The summed E-state index contributed by atoms with van der Waals surface area (Å²) in [4.78, 5) is 39.6. The van der Waals surface area contributed by atoms with Crippen LogP contribution in [0.15, 0.2) is 47.5 Å². The number of aryl methyl sites for hydroxylation is 1. The van der Waals surface area contributed by atoms with Crippen molar-refractivity contribution in [1.82, 2.24) is 19.9 Å². The molecule has 0 atom stereocenters. The van der Waals surface area contributed by atoms with Crippen molar-refractivity contribution in [1.29, 1.82) is 0 Å². The third-order valence-electron chi connectivity index (χ3n) is 4.31. The van der Waals surface area contributed by atoms with Gasteiger partial charge in [-0.3, -0.25) is 15.1 Å². The van der Waals surface area contributed by atoms with Crippen LogP contribution in [-0.2, 0) is 4.74 Å². The van der Waals surface area contributed by atoms with Gasteiger partial charge in [0.2, 0.25) is 0 Å². The van der Waals surface area contributed by atoms with Gasteiger partial charge in [-0.15, -0.1) is 0 Å². The summed E-state index contributed by atoms with van der Waals surface area (Å²) < 4.78 is 11.5. The smallest absolute Gasteiger partial charge is 0.412 e. The number of pyridine rings is 2. The van der Waals surface area contributed by atoms with Crippen LogP contribution in [0, 0.1) is 6.92 Å². The number of anilines is 1. The van der Waals surface area contributed by atoms with Crippen molar-refractivity contribution in [2.24, 2.45) is 0 Å². The van der Waals surface area contributed by atoms with Gasteiger partial charge in [0.25, 0.3) is 5.56 Å². The molecule has 1 amide bonds. The normalized spacial score (nSPS) is 11.5. The molecule has 31 heavy (non-hydrogen) atoms. The summed E-state index contributed by atoms with van der Waals surface area (Å²) in [5.74, 6) is 0.943. The zero-order valence-corrected chi connectivity index (χ0v) is 17.5. The molecule has 0 fully saturated rings. The standard InChI is InChI=1S/C22H21N5O4/c1-12-20(28)27-19-18(25-12)16(9-11-24-19)30-15-8-7-14(17-13(15)6-5-10-23-17)26-21(29)31-22(2,3)4/h5-11H,1-4H3,(H,26,29)(H,24,27,28). The number of nitrogens with one attached hydrogen (secondary N) is 2. The zero-order valence-electron chi connectivity index (χ0n) is 17.5. The van der Waals surface area contributed by atoms with Gasteiger partial charge in [-0.05, 0) is 52.0 Å². The zero-order chi connectivity index (χ0) is 22.2. The second kappa shape index (κ2) is 7.67. The Kier molecular flexibility index (Phi) is 5.02. The lowest BCUT2D eigenvalue weighted by Crippen LogP contribution is -2.27. The Hall–Kier alpha value is -4.01. The number of H-pyrrole nitrogens is 1. The fraction of sp³-hybridized carbons (Fsp3) is 0.227. The van der Waals surface area contributed by atoms with Crippen molar-refractivity contribution in [2.75, 3.05) is 5.32 Å². The van der Waals surface area contributed by atoms with E-state index < -0.39 is 11.7 Å². The van der Waals surface area contributed by atoms with E-state index in [1.165, 1.54) is 6.20 Å². The van der Waals surface area contributed by atoms with Gasteiger partial charge in [0.05, 0.1) is 11.2 Å². The van der Waals surface area contributed by atoms with E-state index in [1.54, 1.807) is 58.2 Å². The minimum atomic E-state index is -0.620. The Bertz CT molecular complexity index is 1360. The molecule has 158 valence electrons. The largest absolute Gasteiger partial charge is 0.454 e. The lowest BCUT2D eigenvalue weighted by Gasteiger charge is -2.20. The number of nitrogens with zero attached hydrogens (tertiary/aromatic N) is 3. The predicted molar refractivity (Wildman–Crippen MR) is 117 cm³/mol. The number of hydrogen-bond acceptors (Lipinski definition) is 7. The van der Waals surface area contributed by atoms with Crippen molar-refractivity contribution in [2.45, 2.75) is 33.3 Å². The van der Waals surface area contributed by atoms with Gasteiger partial charge in [-0.2, -0.15) is 0 Å². The number of rotatable bonds is 3. The fourth-order valence-electron chi connectivity index (χ4n) is 3.00. The molecule has 1 aromatic carbocycles. The molecule has 0 aliphatic rings. The molecule has 0 unspecified atom stereocenters. The van der Waals surface area contributed by atoms with Crippen molar-refractivity contribution in [3.8, 4) is 11.5 Å². The van der Waals surface area contributed by atoms with E-state index in [1.807, 2.05) is 6.07 Å². The lowest BCUT2D eigenvalue weighted by atomic mass is 10.1. The number of hydrogen-bond donors (Lipinski definition) is 2. The number of ether oxygens (including phenoxy) is 2. The molecule has 0 aliphatic heterocycles. The first-order valence-corrected chi connectivity index (χ1v) is 9.62. The van der Waals surface area contributed by atoms with Crippen molar-refractivity contribution < 1.29 is 14.3 Å². The van der Waals surface area contributed by atoms with Gasteiger partial charge in [0.1, 0.15) is 22.6 Å². The van der Waals surface area contributed by atoms with Crippen LogP contribution in [0.2, 0.25) is 0 Å². The Morgan fingerprint density at radius 1 is 1.03 bits per heavy atom. The van der Waals surface area contributed by atoms with E-state index in [2.05, 4.69) is 25.3 Å². The average molecular weight is 419 g/mol. The molecule has 9 heteroatoms. The molecule has 0 saturated heterocycles. The number of benzene rings is 1. The third-order valence-corrected chi connectivity index (χ3v) is 4.31. The maximum Gasteiger partial charge on any atom is 0.412 e. The topological polar surface area (TPSA) is 119 Å². The quantitative estimate of drug-likeness (QED) is 0.508. The summed E-state index contributed by atoms with van der Waals surface area (Å²) in [6.45, 7) is 7.00. The van der Waals surface area contributed by atoms with Gasteiger partial charge in [0.15, 0.2) is 11.4 Å². The van der Waals surface area contributed by atoms with Crippen molar-refractivity contribution >= 4 is 33.8 Å². The molecule has 0 aliphatic carbocycles. The molecule has 0 saturated carbocycles. The Balaban J connectivity index is 1.74. The first-order valence-electron chi connectivity index (χ1n) is 9.62. The number of amides is 1. The SMILES string of the molecule is Cc1nc2c(Oc3ccc(NC(=O)OC(C)(C)C)c4ncccc34)ccnc2[nH]c1=O. The monoisotopic (exact) mass is 419 g/mol. The third kappa shape index (κ3) is 4.30. The van der Waals surface area contributed by atoms with Crippen LogP contribution in [0.4, 0.5) is 10.5 Å². The summed E-state index contributed by atoms with van der Waals surface area (Å²) in [6, 6.07) is 8.70. The van der Waals surface area contributed by atoms with Crippen molar-refractivity contribution in [3.63, 3.8) is 0 Å². The van der Waals surface area contributed by atoms with Gasteiger partial charge in [-0.25, -0.2) is 14.8 Å². The van der Waals surface area contributed by atoms with Gasteiger partial charge in [-0.1, -0.05) is 0 Å². The van der Waals surface area contributed by atoms with E-state index in [4.69, 9.17) is 9.47 Å². The van der Waals surface area contributed by atoms with E-state index >= 15 is 0 Å². The van der Waals surface area contributed by atoms with Gasteiger partial charge < -0.3 is 14.5 Å². The molecule has 2 N–H and O–H groups in total. The minimum Gasteiger partial charge on any atom is -0.454 e. The number of fused-ring (bicyclic) bond motifs is 2. The molecule has 9 nitrogen and oxygen atoms in total. The second-order valence-electron chi connectivity index (χ2n) is 7.90. The van der Waals surface area contributed by atoms with Crippen LogP contribution in [0.5, 0.6) is 11.5 Å². The number of aromatic amines is 1. The predicted octanol–water partition coefficient (Wildman–Crippen LogP) is 4.31. The fourth-order valence-corrected chi connectivity index (χ4v) is 3.00. The van der Waals surface area contributed by atoms with E-state index in [0.29, 0.717) is 44.9 Å². The first kappa shape index (κ1) is 20.3. The van der Waals surface area contributed by atoms with E-state index in [-0.39, 0.29) is 5.56 Å². The summed E-state index contributed by atoms with van der Waals surface area (Å²) in [6.07, 6.45) is 2.59. The molecule has 0 radical (unpaired) electrons. The Labute approximate surface area is 177 Å². The molecule has 0 spiro atoms. The number of carbonyl (C=O) groups is 1. The van der Waals surface area contributed by atoms with Crippen LogP contribution in [0.1, 0.15) is 26.5 Å². The van der Waals surface area contributed by atoms with Crippen LogP contribution in [0.25, 0.3) is 22.1 Å². The molecule has 4 aromatic rings. The highest BCUT2D eigenvalue weighted by Gasteiger charge is 2.18. The minimum absolute atomic E-state index is 0.302. The summed E-state index contributed by atoms with van der Waals surface area (Å²) in [5, 5.41) is 3.42. The molecular formula is C22H21N5O4. The lowest BCUT2D eigenvalue weighted by molar-refractivity contribution is 0.0636. The van der Waals surface area contributed by atoms with E-state index in [0.717, 1.165) is 0 Å². The number of aromatic nitrogens is 4. The number of carbonyl (C=O) groups excluding carboxylic acids is 1. The van der Waals surface area contributed by atoms with Crippen molar-refractivity contribution in [3.05, 3.63) is 58.8 Å². The molecule has 0 bridgehead atoms. The second-order valence-corrected chi connectivity index (χ2v) is 7.90. The van der Waals surface area contributed by atoms with Gasteiger partial charge >= 0.3 is 6.09 Å².